The lowest BCUT2D eigenvalue weighted by molar-refractivity contribution is 0.608. The molecule has 0 fully saturated rings. The number of nitrogens with one attached hydrogen (secondary N) is 1. The Balaban J connectivity index is 2.25. The molecule has 0 saturated carbocycles. The van der Waals surface area contributed by atoms with Crippen molar-refractivity contribution in [1.82, 2.24) is 5.32 Å². The Kier molecular flexibility index (Phi) is 4.33. The molecule has 1 atom stereocenters. The highest BCUT2D eigenvalue weighted by Gasteiger charge is 2.06. The van der Waals surface area contributed by atoms with Crippen LogP contribution in [0, 0.1) is 12.7 Å². The first-order chi connectivity index (χ1) is 9.11. The molecule has 0 bridgehead atoms. The maximum atomic E-state index is 13.6. The molecule has 19 heavy (non-hydrogen) atoms. The molecule has 2 heteroatoms. The van der Waals surface area contributed by atoms with Crippen LogP contribution in [-0.4, -0.2) is 13.1 Å². The Labute approximate surface area is 114 Å². The van der Waals surface area contributed by atoms with Crippen LogP contribution in [0.4, 0.5) is 4.39 Å². The zero-order chi connectivity index (χ0) is 13.8. The second kappa shape index (κ2) is 5.98. The standard InChI is InChI=1S/C17H20FN/c1-12(19-3)11-14-7-9-15(10-8-14)16-5-4-6-17(18)13(16)2/h4-10,12,19H,11H2,1-3H3. The molecule has 0 aromatic heterocycles. The topological polar surface area (TPSA) is 12.0 Å². The van der Waals surface area contributed by atoms with Gasteiger partial charge in [-0.1, -0.05) is 36.4 Å². The van der Waals surface area contributed by atoms with Crippen molar-refractivity contribution in [3.05, 3.63) is 59.4 Å². The second-order valence-electron chi connectivity index (χ2n) is 5.00. The molecule has 100 valence electrons. The average molecular weight is 257 g/mol. The molecule has 0 amide bonds. The number of hydrogen-bond acceptors (Lipinski definition) is 1. The van der Waals surface area contributed by atoms with Crippen LogP contribution < -0.4 is 5.32 Å². The molecule has 2 rings (SSSR count). The summed E-state index contributed by atoms with van der Waals surface area (Å²) in [4.78, 5) is 0. The van der Waals surface area contributed by atoms with Crippen LogP contribution in [0.5, 0.6) is 0 Å². The van der Waals surface area contributed by atoms with Crippen molar-refractivity contribution in [2.24, 2.45) is 0 Å². The first-order valence-corrected chi connectivity index (χ1v) is 6.63. The van der Waals surface area contributed by atoms with Crippen LogP contribution in [0.25, 0.3) is 11.1 Å². The smallest absolute Gasteiger partial charge is 0.126 e. The van der Waals surface area contributed by atoms with E-state index in [1.54, 1.807) is 6.07 Å². The van der Waals surface area contributed by atoms with Crippen molar-refractivity contribution in [2.45, 2.75) is 26.3 Å². The van der Waals surface area contributed by atoms with E-state index in [1.165, 1.54) is 11.6 Å². The number of benzene rings is 2. The van der Waals surface area contributed by atoms with Gasteiger partial charge in [0.2, 0.25) is 0 Å². The summed E-state index contributed by atoms with van der Waals surface area (Å²) in [5.74, 6) is -0.148. The van der Waals surface area contributed by atoms with Crippen molar-refractivity contribution in [1.29, 1.82) is 0 Å². The van der Waals surface area contributed by atoms with Gasteiger partial charge in [0, 0.05) is 6.04 Å². The molecule has 0 aliphatic rings. The van der Waals surface area contributed by atoms with E-state index < -0.39 is 0 Å². The number of likely N-dealkylation sites (N-methyl/N-ethyl adjacent to an activating group) is 1. The molecule has 1 unspecified atom stereocenters. The zero-order valence-corrected chi connectivity index (χ0v) is 11.7. The van der Waals surface area contributed by atoms with Crippen molar-refractivity contribution < 1.29 is 4.39 Å². The minimum Gasteiger partial charge on any atom is -0.317 e. The van der Waals surface area contributed by atoms with E-state index in [2.05, 4.69) is 36.5 Å². The van der Waals surface area contributed by atoms with Gasteiger partial charge in [-0.05, 0) is 55.6 Å². The van der Waals surface area contributed by atoms with E-state index in [9.17, 15) is 4.39 Å². The number of hydrogen-bond donors (Lipinski definition) is 1. The molecule has 2 aromatic carbocycles. The molecular formula is C17H20FN. The molecule has 0 saturated heterocycles. The molecule has 2 aromatic rings. The summed E-state index contributed by atoms with van der Waals surface area (Å²) in [6.45, 7) is 3.98. The summed E-state index contributed by atoms with van der Waals surface area (Å²) in [5, 5.41) is 3.23. The van der Waals surface area contributed by atoms with Crippen LogP contribution in [0.15, 0.2) is 42.5 Å². The predicted molar refractivity (Wildman–Crippen MR) is 78.8 cm³/mol. The third-order valence-electron chi connectivity index (χ3n) is 3.57. The predicted octanol–water partition coefficient (Wildman–Crippen LogP) is 3.95. The summed E-state index contributed by atoms with van der Waals surface area (Å²) >= 11 is 0. The zero-order valence-electron chi connectivity index (χ0n) is 11.7. The SMILES string of the molecule is CNC(C)Cc1ccc(-c2cccc(F)c2C)cc1. The molecule has 0 spiro atoms. The minimum atomic E-state index is -0.148. The van der Waals surface area contributed by atoms with Crippen LogP contribution in [0.2, 0.25) is 0 Å². The fourth-order valence-corrected chi connectivity index (χ4v) is 2.20. The minimum absolute atomic E-state index is 0.148. The van der Waals surface area contributed by atoms with E-state index in [-0.39, 0.29) is 5.82 Å². The van der Waals surface area contributed by atoms with Gasteiger partial charge >= 0.3 is 0 Å². The lowest BCUT2D eigenvalue weighted by atomic mass is 9.98. The fourth-order valence-electron chi connectivity index (χ4n) is 2.20. The normalized spacial score (nSPS) is 12.4. The summed E-state index contributed by atoms with van der Waals surface area (Å²) in [5.41, 5.74) is 4.03. The van der Waals surface area contributed by atoms with E-state index in [1.807, 2.05) is 20.0 Å². The quantitative estimate of drug-likeness (QED) is 0.874. The van der Waals surface area contributed by atoms with Gasteiger partial charge in [0.05, 0.1) is 0 Å². The van der Waals surface area contributed by atoms with Crippen molar-refractivity contribution >= 4 is 0 Å². The summed E-state index contributed by atoms with van der Waals surface area (Å²) in [6.07, 6.45) is 0.999. The summed E-state index contributed by atoms with van der Waals surface area (Å²) in [6, 6.07) is 14.1. The van der Waals surface area contributed by atoms with Gasteiger partial charge in [-0.25, -0.2) is 4.39 Å². The third-order valence-corrected chi connectivity index (χ3v) is 3.57. The number of rotatable bonds is 4. The van der Waals surface area contributed by atoms with Crippen molar-refractivity contribution in [3.63, 3.8) is 0 Å². The molecule has 0 heterocycles. The summed E-state index contributed by atoms with van der Waals surface area (Å²) < 4.78 is 13.6. The van der Waals surface area contributed by atoms with Crippen LogP contribution in [-0.2, 0) is 6.42 Å². The van der Waals surface area contributed by atoms with Crippen molar-refractivity contribution in [3.8, 4) is 11.1 Å². The van der Waals surface area contributed by atoms with Gasteiger partial charge in [-0.2, -0.15) is 0 Å². The van der Waals surface area contributed by atoms with E-state index in [4.69, 9.17) is 0 Å². The Morgan fingerprint density at radius 3 is 2.42 bits per heavy atom. The molecule has 0 radical (unpaired) electrons. The molecule has 1 nitrogen and oxygen atoms in total. The highest BCUT2D eigenvalue weighted by molar-refractivity contribution is 5.67. The molecule has 0 aliphatic heterocycles. The third kappa shape index (κ3) is 3.21. The molecule has 1 N–H and O–H groups in total. The van der Waals surface area contributed by atoms with Crippen LogP contribution in [0.3, 0.4) is 0 Å². The van der Waals surface area contributed by atoms with E-state index in [0.29, 0.717) is 11.6 Å². The lowest BCUT2D eigenvalue weighted by Gasteiger charge is -2.11. The van der Waals surface area contributed by atoms with Crippen LogP contribution in [0.1, 0.15) is 18.1 Å². The lowest BCUT2D eigenvalue weighted by Crippen LogP contribution is -2.23. The molecule has 0 aliphatic carbocycles. The van der Waals surface area contributed by atoms with Gasteiger partial charge in [0.1, 0.15) is 5.82 Å². The Morgan fingerprint density at radius 1 is 1.11 bits per heavy atom. The number of halogens is 1. The first kappa shape index (κ1) is 13.8. The second-order valence-corrected chi connectivity index (χ2v) is 5.00. The van der Waals surface area contributed by atoms with E-state index in [0.717, 1.165) is 17.5 Å². The monoisotopic (exact) mass is 257 g/mol. The summed E-state index contributed by atoms with van der Waals surface area (Å²) in [7, 11) is 1.97. The Hall–Kier alpha value is -1.67. The highest BCUT2D eigenvalue weighted by Crippen LogP contribution is 2.25. The maximum absolute atomic E-state index is 13.6. The highest BCUT2D eigenvalue weighted by atomic mass is 19.1. The Bertz CT molecular complexity index is 546. The van der Waals surface area contributed by atoms with Gasteiger partial charge in [0.15, 0.2) is 0 Å². The first-order valence-electron chi connectivity index (χ1n) is 6.63. The van der Waals surface area contributed by atoms with Crippen molar-refractivity contribution in [2.75, 3.05) is 7.05 Å². The van der Waals surface area contributed by atoms with E-state index >= 15 is 0 Å². The van der Waals surface area contributed by atoms with Gasteiger partial charge in [-0.3, -0.25) is 0 Å². The largest absolute Gasteiger partial charge is 0.317 e. The molecular weight excluding hydrogens is 237 g/mol. The van der Waals surface area contributed by atoms with Gasteiger partial charge < -0.3 is 5.32 Å². The van der Waals surface area contributed by atoms with Gasteiger partial charge in [-0.15, -0.1) is 0 Å². The fraction of sp³-hybridized carbons (Fsp3) is 0.294. The van der Waals surface area contributed by atoms with Gasteiger partial charge in [0.25, 0.3) is 0 Å². The average Bonchev–Trinajstić information content (AvgIpc) is 2.43. The van der Waals surface area contributed by atoms with Crippen LogP contribution >= 0.6 is 0 Å². The maximum Gasteiger partial charge on any atom is 0.126 e. The Morgan fingerprint density at radius 2 is 1.79 bits per heavy atom.